The Labute approximate surface area is 120 Å². The molecule has 114 valence electrons. The van der Waals surface area contributed by atoms with Crippen LogP contribution < -0.4 is 5.32 Å². The zero-order valence-electron chi connectivity index (χ0n) is 12.2. The number of hydrogen-bond acceptors (Lipinski definition) is 3. The molecule has 1 heterocycles. The number of amides is 2. The van der Waals surface area contributed by atoms with Crippen LogP contribution in [0.25, 0.3) is 0 Å². The molecule has 2 aliphatic rings. The van der Waals surface area contributed by atoms with E-state index in [0.29, 0.717) is 19.5 Å². The van der Waals surface area contributed by atoms with Gasteiger partial charge in [-0.2, -0.15) is 0 Å². The number of unbranched alkanes of at least 4 members (excludes halogenated alkanes) is 1. The number of carboxylic acid groups (broad SMARTS) is 1. The number of urea groups is 1. The Balaban J connectivity index is 1.76. The summed E-state index contributed by atoms with van der Waals surface area (Å²) in [5, 5.41) is 11.8. The van der Waals surface area contributed by atoms with Gasteiger partial charge >= 0.3 is 12.0 Å². The predicted molar refractivity (Wildman–Crippen MR) is 75.6 cm³/mol. The van der Waals surface area contributed by atoms with E-state index in [0.717, 1.165) is 32.0 Å². The average molecular weight is 283 g/mol. The fourth-order valence-corrected chi connectivity index (χ4v) is 2.64. The van der Waals surface area contributed by atoms with Gasteiger partial charge in [0, 0.05) is 32.2 Å². The maximum absolute atomic E-state index is 12.1. The normalized spacial score (nSPS) is 21.6. The predicted octanol–water partition coefficient (Wildman–Crippen LogP) is 1.12. The number of nitrogens with zero attached hydrogens (tertiary/aromatic N) is 2. The van der Waals surface area contributed by atoms with Gasteiger partial charge in [-0.25, -0.2) is 9.59 Å². The molecule has 2 amide bonds. The maximum atomic E-state index is 12.1. The quantitative estimate of drug-likeness (QED) is 0.766. The third-order valence-electron chi connectivity index (χ3n) is 4.11. The van der Waals surface area contributed by atoms with E-state index in [1.54, 1.807) is 4.90 Å². The number of aliphatic carboxylic acids is 1. The largest absolute Gasteiger partial charge is 0.480 e. The SMILES string of the molecule is CCCC[C@H](NC(=O)N1CCN(C2CC2)CC1)C(=O)O. The molecule has 1 aliphatic carbocycles. The molecule has 0 spiro atoms. The number of piperazine rings is 1. The van der Waals surface area contributed by atoms with Crippen LogP contribution in [0, 0.1) is 0 Å². The van der Waals surface area contributed by atoms with Crippen LogP contribution in [0.1, 0.15) is 39.0 Å². The van der Waals surface area contributed by atoms with E-state index in [9.17, 15) is 9.59 Å². The lowest BCUT2D eigenvalue weighted by Gasteiger charge is -2.35. The van der Waals surface area contributed by atoms with Crippen molar-refractivity contribution in [2.24, 2.45) is 0 Å². The zero-order valence-corrected chi connectivity index (χ0v) is 12.2. The number of nitrogens with one attached hydrogen (secondary N) is 1. The van der Waals surface area contributed by atoms with Gasteiger partial charge in [-0.3, -0.25) is 4.90 Å². The second kappa shape index (κ2) is 6.92. The minimum atomic E-state index is -0.941. The summed E-state index contributed by atoms with van der Waals surface area (Å²) in [7, 11) is 0. The van der Waals surface area contributed by atoms with Crippen molar-refractivity contribution in [3.63, 3.8) is 0 Å². The van der Waals surface area contributed by atoms with Crippen LogP contribution in [0.15, 0.2) is 0 Å². The van der Waals surface area contributed by atoms with Crippen LogP contribution in [-0.4, -0.2) is 65.2 Å². The lowest BCUT2D eigenvalue weighted by Crippen LogP contribution is -2.54. The molecule has 1 atom stereocenters. The van der Waals surface area contributed by atoms with Crippen molar-refractivity contribution in [1.29, 1.82) is 0 Å². The molecule has 2 fully saturated rings. The molecule has 0 aromatic carbocycles. The van der Waals surface area contributed by atoms with Crippen LogP contribution in [0.3, 0.4) is 0 Å². The van der Waals surface area contributed by atoms with Gasteiger partial charge in [0.1, 0.15) is 6.04 Å². The van der Waals surface area contributed by atoms with E-state index in [-0.39, 0.29) is 6.03 Å². The Morgan fingerprint density at radius 2 is 1.90 bits per heavy atom. The second-order valence-electron chi connectivity index (χ2n) is 5.74. The number of carbonyl (C=O) groups excluding carboxylic acids is 1. The third-order valence-corrected chi connectivity index (χ3v) is 4.11. The summed E-state index contributed by atoms with van der Waals surface area (Å²) >= 11 is 0. The van der Waals surface area contributed by atoms with Gasteiger partial charge in [0.2, 0.25) is 0 Å². The first-order valence-corrected chi connectivity index (χ1v) is 7.64. The van der Waals surface area contributed by atoms with Crippen molar-refractivity contribution in [2.45, 2.75) is 51.1 Å². The molecule has 0 aromatic heterocycles. The lowest BCUT2D eigenvalue weighted by molar-refractivity contribution is -0.139. The molecule has 6 heteroatoms. The second-order valence-corrected chi connectivity index (χ2v) is 5.74. The first-order valence-electron chi connectivity index (χ1n) is 7.64. The topological polar surface area (TPSA) is 72.9 Å². The van der Waals surface area contributed by atoms with E-state index in [4.69, 9.17) is 5.11 Å². The van der Waals surface area contributed by atoms with Gasteiger partial charge in [0.15, 0.2) is 0 Å². The Hall–Kier alpha value is -1.30. The van der Waals surface area contributed by atoms with Crippen molar-refractivity contribution >= 4 is 12.0 Å². The van der Waals surface area contributed by atoms with Crippen molar-refractivity contribution in [3.05, 3.63) is 0 Å². The van der Waals surface area contributed by atoms with Gasteiger partial charge in [-0.05, 0) is 19.3 Å². The van der Waals surface area contributed by atoms with Gasteiger partial charge in [0.25, 0.3) is 0 Å². The molecule has 0 bridgehead atoms. The van der Waals surface area contributed by atoms with Gasteiger partial charge in [0.05, 0.1) is 0 Å². The highest BCUT2D eigenvalue weighted by Crippen LogP contribution is 2.27. The first-order chi connectivity index (χ1) is 9.61. The maximum Gasteiger partial charge on any atom is 0.326 e. The summed E-state index contributed by atoms with van der Waals surface area (Å²) in [6.45, 7) is 5.22. The Kier molecular flexibility index (Phi) is 5.23. The number of rotatable bonds is 6. The molecule has 0 unspecified atom stereocenters. The molecule has 0 radical (unpaired) electrons. The monoisotopic (exact) mass is 283 g/mol. The lowest BCUT2D eigenvalue weighted by atomic mass is 10.1. The average Bonchev–Trinajstić information content (AvgIpc) is 3.27. The number of carbonyl (C=O) groups is 2. The summed E-state index contributed by atoms with van der Waals surface area (Å²) in [6.07, 6.45) is 4.81. The van der Waals surface area contributed by atoms with Gasteiger partial charge in [-0.1, -0.05) is 19.8 Å². The van der Waals surface area contributed by atoms with Crippen LogP contribution in [0.4, 0.5) is 4.79 Å². The zero-order chi connectivity index (χ0) is 14.5. The fourth-order valence-electron chi connectivity index (χ4n) is 2.64. The first kappa shape index (κ1) is 15.1. The van der Waals surface area contributed by atoms with Crippen LogP contribution >= 0.6 is 0 Å². The summed E-state index contributed by atoms with van der Waals surface area (Å²) in [5.74, 6) is -0.941. The highest BCUT2D eigenvalue weighted by Gasteiger charge is 2.32. The minimum absolute atomic E-state index is 0.232. The summed E-state index contributed by atoms with van der Waals surface area (Å²) < 4.78 is 0. The van der Waals surface area contributed by atoms with Crippen molar-refractivity contribution in [3.8, 4) is 0 Å². The van der Waals surface area contributed by atoms with Crippen molar-refractivity contribution in [1.82, 2.24) is 15.1 Å². The van der Waals surface area contributed by atoms with Crippen LogP contribution in [-0.2, 0) is 4.79 Å². The number of hydrogen-bond donors (Lipinski definition) is 2. The highest BCUT2D eigenvalue weighted by molar-refractivity contribution is 5.82. The molecule has 0 aromatic rings. The van der Waals surface area contributed by atoms with Gasteiger partial charge < -0.3 is 15.3 Å². The number of carboxylic acids is 1. The molecule has 6 nitrogen and oxygen atoms in total. The van der Waals surface area contributed by atoms with E-state index in [1.807, 2.05) is 6.92 Å². The third kappa shape index (κ3) is 4.10. The summed E-state index contributed by atoms with van der Waals surface area (Å²) in [4.78, 5) is 27.4. The highest BCUT2D eigenvalue weighted by atomic mass is 16.4. The van der Waals surface area contributed by atoms with Crippen LogP contribution in [0.2, 0.25) is 0 Å². The Bertz CT molecular complexity index is 350. The molecule has 2 rings (SSSR count). The van der Waals surface area contributed by atoms with E-state index < -0.39 is 12.0 Å². The molecule has 20 heavy (non-hydrogen) atoms. The Morgan fingerprint density at radius 1 is 1.25 bits per heavy atom. The summed E-state index contributed by atoms with van der Waals surface area (Å²) in [5.41, 5.74) is 0. The van der Waals surface area contributed by atoms with E-state index in [2.05, 4.69) is 10.2 Å². The standard InChI is InChI=1S/C14H25N3O3/c1-2-3-4-12(13(18)19)15-14(20)17-9-7-16(8-10-17)11-5-6-11/h11-12H,2-10H2,1H3,(H,15,20)(H,18,19)/t12-/m0/s1. The fraction of sp³-hybridized carbons (Fsp3) is 0.857. The van der Waals surface area contributed by atoms with Crippen LogP contribution in [0.5, 0.6) is 0 Å². The minimum Gasteiger partial charge on any atom is -0.480 e. The molecule has 1 saturated carbocycles. The van der Waals surface area contributed by atoms with E-state index in [1.165, 1.54) is 12.8 Å². The molecular weight excluding hydrogens is 258 g/mol. The molecule has 2 N–H and O–H groups in total. The van der Waals surface area contributed by atoms with Crippen molar-refractivity contribution in [2.75, 3.05) is 26.2 Å². The smallest absolute Gasteiger partial charge is 0.326 e. The Morgan fingerprint density at radius 3 is 2.40 bits per heavy atom. The summed E-state index contributed by atoms with van der Waals surface area (Å²) in [6, 6.07) is -0.260. The molecule has 1 saturated heterocycles. The van der Waals surface area contributed by atoms with E-state index >= 15 is 0 Å². The molecule has 1 aliphatic heterocycles. The molecular formula is C14H25N3O3. The van der Waals surface area contributed by atoms with Gasteiger partial charge in [-0.15, -0.1) is 0 Å². The van der Waals surface area contributed by atoms with Crippen molar-refractivity contribution < 1.29 is 14.7 Å².